The molecule has 0 bridgehead atoms. The Labute approximate surface area is 161 Å². The number of nitrogens with zero attached hydrogens (tertiary/aromatic N) is 4. The summed E-state index contributed by atoms with van der Waals surface area (Å²) in [6, 6.07) is 0. The second kappa shape index (κ2) is 11.3. The van der Waals surface area contributed by atoms with E-state index in [0.717, 1.165) is 52.0 Å². The maximum atomic E-state index is 12.0. The van der Waals surface area contributed by atoms with Gasteiger partial charge in [0.05, 0.1) is 6.20 Å². The fourth-order valence-electron chi connectivity index (χ4n) is 2.59. The van der Waals surface area contributed by atoms with Crippen LogP contribution in [0.1, 0.15) is 31.7 Å². The number of aliphatic imine (C=N–C) groups is 1. The van der Waals surface area contributed by atoms with Gasteiger partial charge in [-0.05, 0) is 38.7 Å². The van der Waals surface area contributed by atoms with Crippen molar-refractivity contribution in [3.8, 4) is 0 Å². The first-order valence-corrected chi connectivity index (χ1v) is 8.48. The first kappa shape index (κ1) is 20.7. The number of aryl methyl sites for hydroxylation is 2. The van der Waals surface area contributed by atoms with Crippen molar-refractivity contribution in [1.82, 2.24) is 25.3 Å². The lowest BCUT2D eigenvalue weighted by molar-refractivity contribution is -0.128. The highest BCUT2D eigenvalue weighted by Crippen LogP contribution is 2.07. The molecule has 8 heteroatoms. The lowest BCUT2D eigenvalue weighted by atomic mass is 10.4. The van der Waals surface area contributed by atoms with Gasteiger partial charge in [0.1, 0.15) is 6.54 Å². The number of guanidine groups is 1. The molecular formula is C16H29IN6O. The quantitative estimate of drug-likeness (QED) is 0.286. The van der Waals surface area contributed by atoms with E-state index >= 15 is 0 Å². The van der Waals surface area contributed by atoms with E-state index in [4.69, 9.17) is 0 Å². The van der Waals surface area contributed by atoms with Crippen LogP contribution in [0.5, 0.6) is 0 Å². The van der Waals surface area contributed by atoms with Gasteiger partial charge in [0, 0.05) is 38.9 Å². The second-order valence-corrected chi connectivity index (χ2v) is 5.84. The molecule has 1 amide bonds. The molecule has 0 aromatic carbocycles. The summed E-state index contributed by atoms with van der Waals surface area (Å²) in [7, 11) is 0. The van der Waals surface area contributed by atoms with Crippen molar-refractivity contribution in [2.75, 3.05) is 32.7 Å². The van der Waals surface area contributed by atoms with Gasteiger partial charge in [-0.15, -0.1) is 24.0 Å². The monoisotopic (exact) mass is 448 g/mol. The number of likely N-dealkylation sites (tertiary alicyclic amines) is 1. The van der Waals surface area contributed by atoms with Gasteiger partial charge in [-0.2, -0.15) is 5.10 Å². The summed E-state index contributed by atoms with van der Waals surface area (Å²) in [6.07, 6.45) is 7.07. The van der Waals surface area contributed by atoms with Crippen LogP contribution in [0.3, 0.4) is 0 Å². The molecule has 0 spiro atoms. The molecule has 136 valence electrons. The van der Waals surface area contributed by atoms with Crippen LogP contribution in [0.2, 0.25) is 0 Å². The number of hydrogen-bond donors (Lipinski definition) is 2. The summed E-state index contributed by atoms with van der Waals surface area (Å²) in [5, 5.41) is 10.7. The van der Waals surface area contributed by atoms with Crippen molar-refractivity contribution >= 4 is 35.8 Å². The molecular weight excluding hydrogens is 419 g/mol. The highest BCUT2D eigenvalue weighted by molar-refractivity contribution is 14.0. The largest absolute Gasteiger partial charge is 0.357 e. The first-order chi connectivity index (χ1) is 11.2. The second-order valence-electron chi connectivity index (χ2n) is 5.84. The molecule has 7 nitrogen and oxygen atoms in total. The van der Waals surface area contributed by atoms with Gasteiger partial charge in [0.25, 0.3) is 0 Å². The molecule has 0 radical (unpaired) electrons. The smallest absolute Gasteiger partial charge is 0.244 e. The molecule has 24 heavy (non-hydrogen) atoms. The van der Waals surface area contributed by atoms with Gasteiger partial charge < -0.3 is 15.5 Å². The third-order valence-electron chi connectivity index (χ3n) is 3.79. The Kier molecular flexibility index (Phi) is 9.73. The molecule has 1 aliphatic rings. The number of amides is 1. The van der Waals surface area contributed by atoms with E-state index < -0.39 is 0 Å². The van der Waals surface area contributed by atoms with Crippen LogP contribution in [-0.2, 0) is 11.3 Å². The van der Waals surface area contributed by atoms with Crippen molar-refractivity contribution in [3.05, 3.63) is 18.0 Å². The molecule has 2 heterocycles. The van der Waals surface area contributed by atoms with E-state index in [0.29, 0.717) is 5.96 Å². The summed E-state index contributed by atoms with van der Waals surface area (Å²) in [4.78, 5) is 18.3. The number of nitrogens with one attached hydrogen (secondary N) is 2. The van der Waals surface area contributed by atoms with Gasteiger partial charge in [0.2, 0.25) is 5.91 Å². The number of rotatable bonds is 7. The maximum Gasteiger partial charge on any atom is 0.244 e. The molecule has 0 atom stereocenters. The summed E-state index contributed by atoms with van der Waals surface area (Å²) in [5.74, 6) is 0.823. The molecule has 1 aromatic heterocycles. The van der Waals surface area contributed by atoms with Gasteiger partial charge in [-0.1, -0.05) is 0 Å². The van der Waals surface area contributed by atoms with Gasteiger partial charge in [-0.25, -0.2) is 4.99 Å². The molecule has 1 saturated heterocycles. The van der Waals surface area contributed by atoms with E-state index in [2.05, 4.69) is 20.7 Å². The van der Waals surface area contributed by atoms with Crippen molar-refractivity contribution in [3.63, 3.8) is 0 Å². The zero-order valence-corrected chi connectivity index (χ0v) is 17.0. The Morgan fingerprint density at radius 1 is 1.33 bits per heavy atom. The number of halogens is 1. The van der Waals surface area contributed by atoms with Crippen LogP contribution in [-0.4, -0.2) is 59.3 Å². The first-order valence-electron chi connectivity index (χ1n) is 8.48. The fourth-order valence-corrected chi connectivity index (χ4v) is 2.59. The minimum absolute atomic E-state index is 0. The van der Waals surface area contributed by atoms with E-state index in [9.17, 15) is 4.79 Å². The summed E-state index contributed by atoms with van der Waals surface area (Å²) < 4.78 is 1.94. The SMILES string of the molecule is CCNC(=NCC(=O)N1CCCC1)NCCCn1cc(C)cn1.I. The summed E-state index contributed by atoms with van der Waals surface area (Å²) in [6.45, 7) is 8.47. The van der Waals surface area contributed by atoms with Crippen LogP contribution in [0.15, 0.2) is 17.4 Å². The number of hydrogen-bond acceptors (Lipinski definition) is 3. The lowest BCUT2D eigenvalue weighted by Gasteiger charge is -2.15. The van der Waals surface area contributed by atoms with E-state index in [1.165, 1.54) is 5.56 Å². The molecule has 1 aliphatic heterocycles. The third-order valence-corrected chi connectivity index (χ3v) is 3.79. The number of aromatic nitrogens is 2. The standard InChI is InChI=1S/C16H28N6O.HI/c1-3-17-16(19-12-15(23)21-8-4-5-9-21)18-7-6-10-22-13-14(2)11-20-22;/h11,13H,3-10,12H2,1-2H3,(H2,17,18,19);1H. The average molecular weight is 448 g/mol. The Bertz CT molecular complexity index is 524. The molecule has 1 fully saturated rings. The van der Waals surface area contributed by atoms with Crippen LogP contribution < -0.4 is 10.6 Å². The van der Waals surface area contributed by atoms with Crippen LogP contribution in [0.4, 0.5) is 0 Å². The van der Waals surface area contributed by atoms with E-state index in [1.54, 1.807) is 0 Å². The number of carbonyl (C=O) groups is 1. The highest BCUT2D eigenvalue weighted by atomic mass is 127. The van der Waals surface area contributed by atoms with Gasteiger partial charge >= 0.3 is 0 Å². The zero-order valence-electron chi connectivity index (χ0n) is 14.6. The topological polar surface area (TPSA) is 74.6 Å². The fraction of sp³-hybridized carbons (Fsp3) is 0.688. The van der Waals surface area contributed by atoms with Gasteiger partial charge in [-0.3, -0.25) is 9.48 Å². The van der Waals surface area contributed by atoms with Crippen molar-refractivity contribution in [2.24, 2.45) is 4.99 Å². The number of carbonyl (C=O) groups excluding carboxylic acids is 1. The molecule has 1 aromatic rings. The molecule has 2 N–H and O–H groups in total. The minimum Gasteiger partial charge on any atom is -0.357 e. The average Bonchev–Trinajstić information content (AvgIpc) is 3.20. The maximum absolute atomic E-state index is 12.0. The Hall–Kier alpha value is -1.32. The van der Waals surface area contributed by atoms with Crippen molar-refractivity contribution in [2.45, 2.75) is 39.7 Å². The summed E-state index contributed by atoms with van der Waals surface area (Å²) in [5.41, 5.74) is 1.17. The Balaban J connectivity index is 0.00000288. The van der Waals surface area contributed by atoms with E-state index in [1.807, 2.05) is 35.8 Å². The molecule has 0 saturated carbocycles. The summed E-state index contributed by atoms with van der Waals surface area (Å²) >= 11 is 0. The molecule has 2 rings (SSSR count). The van der Waals surface area contributed by atoms with Crippen LogP contribution >= 0.6 is 24.0 Å². The van der Waals surface area contributed by atoms with Gasteiger partial charge in [0.15, 0.2) is 5.96 Å². The Morgan fingerprint density at radius 3 is 2.71 bits per heavy atom. The Morgan fingerprint density at radius 2 is 2.08 bits per heavy atom. The highest BCUT2D eigenvalue weighted by Gasteiger charge is 2.17. The van der Waals surface area contributed by atoms with Crippen LogP contribution in [0, 0.1) is 6.92 Å². The molecule has 0 aliphatic carbocycles. The van der Waals surface area contributed by atoms with E-state index in [-0.39, 0.29) is 36.4 Å². The van der Waals surface area contributed by atoms with Crippen LogP contribution in [0.25, 0.3) is 0 Å². The molecule has 0 unspecified atom stereocenters. The predicted octanol–water partition coefficient (Wildman–Crippen LogP) is 1.38. The predicted molar refractivity (Wildman–Crippen MR) is 107 cm³/mol. The third kappa shape index (κ3) is 7.06. The minimum atomic E-state index is 0. The van der Waals surface area contributed by atoms with Crippen molar-refractivity contribution < 1.29 is 4.79 Å². The zero-order chi connectivity index (χ0) is 16.5. The normalized spacial score (nSPS) is 14.4. The van der Waals surface area contributed by atoms with Crippen molar-refractivity contribution in [1.29, 1.82) is 0 Å². The lowest BCUT2D eigenvalue weighted by Crippen LogP contribution is -2.39.